The number of amides is 1. The number of nitrogens with zero attached hydrogens (tertiary/aromatic N) is 2. The van der Waals surface area contributed by atoms with Crippen LogP contribution in [0.2, 0.25) is 0 Å². The van der Waals surface area contributed by atoms with Crippen molar-refractivity contribution in [3.05, 3.63) is 53.2 Å². The fourth-order valence-electron chi connectivity index (χ4n) is 4.13. The van der Waals surface area contributed by atoms with E-state index in [2.05, 4.69) is 15.2 Å². The maximum atomic E-state index is 11.5. The molecule has 2 aromatic rings. The Bertz CT molecular complexity index is 882. The highest BCUT2D eigenvalue weighted by molar-refractivity contribution is 5.93. The van der Waals surface area contributed by atoms with E-state index in [9.17, 15) is 15.0 Å². The first-order valence-electron chi connectivity index (χ1n) is 10.0. The Labute approximate surface area is 182 Å². The van der Waals surface area contributed by atoms with Crippen LogP contribution in [0.25, 0.3) is 0 Å². The van der Waals surface area contributed by atoms with Gasteiger partial charge in [0.2, 0.25) is 11.8 Å². The molecule has 7 nitrogen and oxygen atoms in total. The molecule has 1 amide bonds. The zero-order chi connectivity index (χ0) is 20.4. The van der Waals surface area contributed by atoms with Gasteiger partial charge in [-0.15, -0.1) is 12.4 Å². The Morgan fingerprint density at radius 2 is 2.00 bits per heavy atom. The van der Waals surface area contributed by atoms with E-state index in [4.69, 9.17) is 4.74 Å². The van der Waals surface area contributed by atoms with E-state index < -0.39 is 11.7 Å². The van der Waals surface area contributed by atoms with Crippen LogP contribution in [0.15, 0.2) is 36.5 Å². The zero-order valence-electron chi connectivity index (χ0n) is 17.0. The molecular formula is C22H28ClN3O4. The van der Waals surface area contributed by atoms with Crippen LogP contribution in [-0.4, -0.2) is 52.7 Å². The lowest BCUT2D eigenvalue weighted by molar-refractivity contribution is -0.116. The molecule has 0 saturated carbocycles. The number of nitrogens with one attached hydrogen (secondary N) is 1. The molecule has 8 heteroatoms. The van der Waals surface area contributed by atoms with Crippen molar-refractivity contribution < 1.29 is 19.7 Å². The molecule has 1 atom stereocenters. The molecule has 1 fully saturated rings. The Morgan fingerprint density at radius 3 is 2.67 bits per heavy atom. The maximum absolute atomic E-state index is 11.5. The average molecular weight is 434 g/mol. The van der Waals surface area contributed by atoms with Gasteiger partial charge >= 0.3 is 0 Å². The topological polar surface area (TPSA) is 94.9 Å². The van der Waals surface area contributed by atoms with Gasteiger partial charge in [0, 0.05) is 49.6 Å². The van der Waals surface area contributed by atoms with Crippen molar-refractivity contribution in [2.75, 3.05) is 32.1 Å². The van der Waals surface area contributed by atoms with Crippen LogP contribution >= 0.6 is 12.4 Å². The molecule has 30 heavy (non-hydrogen) atoms. The second-order valence-electron chi connectivity index (χ2n) is 7.90. The number of benzene rings is 1. The standard InChI is InChI=1S/C22H27N3O4.ClH/c1-29-21-7-4-17(13-23-21)22(28)8-10-25(11-9-22)14-19(26)16-2-5-18-15(12-16)3-6-20(27)24-18;/h2,4-5,7,12-13,19,26,28H,3,6,8-11,14H2,1H3,(H,24,27);1H. The summed E-state index contributed by atoms with van der Waals surface area (Å²) in [7, 11) is 1.57. The van der Waals surface area contributed by atoms with E-state index in [-0.39, 0.29) is 18.3 Å². The van der Waals surface area contributed by atoms with Gasteiger partial charge in [-0.05, 0) is 42.5 Å². The van der Waals surface area contributed by atoms with Gasteiger partial charge < -0.3 is 25.2 Å². The van der Waals surface area contributed by atoms with Crippen LogP contribution in [-0.2, 0) is 16.8 Å². The van der Waals surface area contributed by atoms with Gasteiger partial charge in [-0.2, -0.15) is 0 Å². The predicted molar refractivity (Wildman–Crippen MR) is 116 cm³/mol. The van der Waals surface area contributed by atoms with E-state index in [1.165, 1.54) is 0 Å². The average Bonchev–Trinajstić information content (AvgIpc) is 2.75. The number of anilines is 1. The van der Waals surface area contributed by atoms with Gasteiger partial charge in [0.05, 0.1) is 18.8 Å². The number of aliphatic hydroxyl groups excluding tert-OH is 1. The van der Waals surface area contributed by atoms with Crippen molar-refractivity contribution in [1.29, 1.82) is 0 Å². The minimum atomic E-state index is -0.898. The molecule has 3 N–H and O–H groups in total. The molecule has 0 radical (unpaired) electrons. The molecule has 4 rings (SSSR count). The number of β-amino-alcohol motifs (C(OH)–C–C–N with tert-alkyl or cyclic N) is 1. The highest BCUT2D eigenvalue weighted by Gasteiger charge is 2.35. The Hall–Kier alpha value is -2.19. The summed E-state index contributed by atoms with van der Waals surface area (Å²) in [6.45, 7) is 1.91. The van der Waals surface area contributed by atoms with Crippen molar-refractivity contribution in [2.45, 2.75) is 37.4 Å². The summed E-state index contributed by atoms with van der Waals surface area (Å²) in [5.41, 5.74) is 2.68. The lowest BCUT2D eigenvalue weighted by atomic mass is 9.85. The smallest absolute Gasteiger partial charge is 0.224 e. The summed E-state index contributed by atoms with van der Waals surface area (Å²) in [5, 5.41) is 24.6. The highest BCUT2D eigenvalue weighted by atomic mass is 35.5. The van der Waals surface area contributed by atoms with Gasteiger partial charge in [0.15, 0.2) is 0 Å². The first-order chi connectivity index (χ1) is 14.0. The van der Waals surface area contributed by atoms with Gasteiger partial charge in [-0.1, -0.05) is 12.1 Å². The van der Waals surface area contributed by atoms with Gasteiger partial charge in [-0.3, -0.25) is 4.79 Å². The Balaban J connectivity index is 0.00000256. The Kier molecular flexibility index (Phi) is 6.98. The molecule has 2 aliphatic heterocycles. The third-order valence-corrected chi connectivity index (χ3v) is 6.01. The first-order valence-corrected chi connectivity index (χ1v) is 10.0. The summed E-state index contributed by atoms with van der Waals surface area (Å²) < 4.78 is 5.08. The molecule has 3 heterocycles. The molecule has 0 bridgehead atoms. The third kappa shape index (κ3) is 4.75. The lowest BCUT2D eigenvalue weighted by Crippen LogP contribution is -2.44. The lowest BCUT2D eigenvalue weighted by Gasteiger charge is -2.39. The summed E-state index contributed by atoms with van der Waals surface area (Å²) in [6, 6.07) is 9.36. The summed E-state index contributed by atoms with van der Waals surface area (Å²) in [4.78, 5) is 17.9. The van der Waals surface area contributed by atoms with Crippen molar-refractivity contribution in [2.24, 2.45) is 0 Å². The number of hydrogen-bond donors (Lipinski definition) is 3. The van der Waals surface area contributed by atoms with Crippen molar-refractivity contribution in [3.63, 3.8) is 0 Å². The van der Waals surface area contributed by atoms with Crippen LogP contribution in [0.1, 0.15) is 42.1 Å². The number of carbonyl (C=O) groups is 1. The second kappa shape index (κ2) is 9.31. The number of likely N-dealkylation sites (tertiary alicyclic amines) is 1. The molecule has 1 aromatic carbocycles. The summed E-state index contributed by atoms with van der Waals surface area (Å²) in [5.74, 6) is 0.571. The monoisotopic (exact) mass is 433 g/mol. The first kappa shape index (κ1) is 22.5. The molecule has 1 aromatic heterocycles. The molecule has 2 aliphatic rings. The summed E-state index contributed by atoms with van der Waals surface area (Å²) >= 11 is 0. The number of hydrogen-bond acceptors (Lipinski definition) is 6. The number of pyridine rings is 1. The van der Waals surface area contributed by atoms with Crippen LogP contribution < -0.4 is 10.1 Å². The fourth-order valence-corrected chi connectivity index (χ4v) is 4.13. The van der Waals surface area contributed by atoms with E-state index >= 15 is 0 Å². The quantitative estimate of drug-likeness (QED) is 0.670. The highest BCUT2D eigenvalue weighted by Crippen LogP contribution is 2.34. The molecule has 0 spiro atoms. The van der Waals surface area contributed by atoms with Crippen LogP contribution in [0.3, 0.4) is 0 Å². The zero-order valence-corrected chi connectivity index (χ0v) is 17.8. The molecular weight excluding hydrogens is 406 g/mol. The van der Waals surface area contributed by atoms with Gasteiger partial charge in [-0.25, -0.2) is 4.98 Å². The van der Waals surface area contributed by atoms with E-state index in [0.29, 0.717) is 51.2 Å². The molecule has 1 saturated heterocycles. The molecule has 162 valence electrons. The number of fused-ring (bicyclic) bond motifs is 1. The third-order valence-electron chi connectivity index (χ3n) is 6.01. The number of carbonyl (C=O) groups excluding carboxylic acids is 1. The Morgan fingerprint density at radius 1 is 1.23 bits per heavy atom. The number of ether oxygens (including phenoxy) is 1. The number of aryl methyl sites for hydroxylation is 1. The van der Waals surface area contributed by atoms with Gasteiger partial charge in [0.1, 0.15) is 0 Å². The normalized spacial score (nSPS) is 19.2. The number of aliphatic hydroxyl groups is 2. The second-order valence-corrected chi connectivity index (χ2v) is 7.90. The largest absolute Gasteiger partial charge is 0.481 e. The maximum Gasteiger partial charge on any atom is 0.224 e. The van der Waals surface area contributed by atoms with Crippen molar-refractivity contribution in [1.82, 2.24) is 9.88 Å². The summed E-state index contributed by atoms with van der Waals surface area (Å²) in [6.07, 6.45) is 3.43. The van der Waals surface area contributed by atoms with E-state index in [0.717, 1.165) is 22.4 Å². The van der Waals surface area contributed by atoms with Crippen LogP contribution in [0.4, 0.5) is 5.69 Å². The minimum Gasteiger partial charge on any atom is -0.481 e. The number of aromatic nitrogens is 1. The van der Waals surface area contributed by atoms with E-state index in [1.807, 2.05) is 24.3 Å². The minimum absolute atomic E-state index is 0. The van der Waals surface area contributed by atoms with Gasteiger partial charge in [0.25, 0.3) is 0 Å². The molecule has 1 unspecified atom stereocenters. The van der Waals surface area contributed by atoms with Crippen molar-refractivity contribution in [3.8, 4) is 5.88 Å². The number of rotatable bonds is 5. The fraction of sp³-hybridized carbons (Fsp3) is 0.455. The van der Waals surface area contributed by atoms with Crippen LogP contribution in [0, 0.1) is 0 Å². The molecule has 0 aliphatic carbocycles. The van der Waals surface area contributed by atoms with E-state index in [1.54, 1.807) is 19.4 Å². The predicted octanol–water partition coefficient (Wildman–Crippen LogP) is 2.41. The number of methoxy groups -OCH3 is 1. The van der Waals surface area contributed by atoms with Crippen LogP contribution in [0.5, 0.6) is 5.88 Å². The van der Waals surface area contributed by atoms with Crippen molar-refractivity contribution >= 4 is 24.0 Å². The SMILES string of the molecule is COc1ccc(C2(O)CCN(CC(O)c3ccc4c(c3)CCC(=O)N4)CC2)cn1.Cl. The number of halogens is 1. The number of piperidine rings is 1.